The van der Waals surface area contributed by atoms with Gasteiger partial charge in [-0.15, -0.1) is 0 Å². The zero-order valence-electron chi connectivity index (χ0n) is 32.2. The van der Waals surface area contributed by atoms with E-state index in [1.165, 1.54) is 99.8 Å². The molecule has 0 spiro atoms. The van der Waals surface area contributed by atoms with E-state index in [1.54, 1.807) is 0 Å². The molecule has 0 bridgehead atoms. The standard InChI is InChI=1S/C57H41N/c1-3-12-39(13-4-1)41-28-32-49(33-29-41)58-56-21-10-9-20-53(56)55-38-48(31-35-57(55)58)47-27-26-44-30-34-50(51-18-7-8-19-52(51)54(44)37-47)43-24-22-42(23-25-43)46-17-11-16-45(36-46)40-14-5-2-6-15-40/h1-29,31-33,35-38,50H,30,34H2. The maximum absolute atomic E-state index is 2.45. The average Bonchev–Trinajstić information content (AvgIpc) is 3.54. The van der Waals surface area contributed by atoms with Crippen LogP contribution in [0.3, 0.4) is 0 Å². The zero-order chi connectivity index (χ0) is 38.4. The molecule has 11 rings (SSSR count). The van der Waals surface area contributed by atoms with Crippen LogP contribution < -0.4 is 0 Å². The largest absolute Gasteiger partial charge is 0.309 e. The lowest BCUT2D eigenvalue weighted by Gasteiger charge is -2.19. The summed E-state index contributed by atoms with van der Waals surface area (Å²) in [6, 6.07) is 80.5. The number of aryl methyl sites for hydroxylation is 1. The molecule has 0 saturated heterocycles. The number of hydrogen-bond acceptors (Lipinski definition) is 0. The fraction of sp³-hybridized carbons (Fsp3) is 0.0526. The van der Waals surface area contributed by atoms with Crippen molar-refractivity contribution >= 4 is 21.8 Å². The lowest BCUT2D eigenvalue weighted by atomic mass is 9.85. The third kappa shape index (κ3) is 6.04. The minimum Gasteiger partial charge on any atom is -0.309 e. The van der Waals surface area contributed by atoms with E-state index in [2.05, 4.69) is 223 Å². The van der Waals surface area contributed by atoms with Gasteiger partial charge in [-0.3, -0.25) is 0 Å². The molecule has 1 aromatic heterocycles. The van der Waals surface area contributed by atoms with Crippen molar-refractivity contribution in [2.45, 2.75) is 18.8 Å². The van der Waals surface area contributed by atoms with Gasteiger partial charge in [-0.2, -0.15) is 0 Å². The minimum atomic E-state index is 0.320. The van der Waals surface area contributed by atoms with Crippen LogP contribution in [0.25, 0.3) is 83.1 Å². The Kier molecular flexibility index (Phi) is 8.44. The Morgan fingerprint density at radius 3 is 1.66 bits per heavy atom. The summed E-state index contributed by atoms with van der Waals surface area (Å²) in [5, 5.41) is 2.54. The molecule has 1 aliphatic rings. The molecule has 9 aromatic carbocycles. The molecule has 0 saturated carbocycles. The summed E-state index contributed by atoms with van der Waals surface area (Å²) in [6.45, 7) is 0. The van der Waals surface area contributed by atoms with Crippen molar-refractivity contribution in [3.63, 3.8) is 0 Å². The Hall–Kier alpha value is -7.22. The summed E-state index contributed by atoms with van der Waals surface area (Å²) in [7, 11) is 0. The predicted octanol–water partition coefficient (Wildman–Crippen LogP) is 15.2. The first kappa shape index (κ1) is 34.1. The Labute approximate surface area is 340 Å². The molecule has 1 heterocycles. The number of benzene rings is 9. The summed E-state index contributed by atoms with van der Waals surface area (Å²) >= 11 is 0. The Bertz CT molecular complexity index is 3080. The van der Waals surface area contributed by atoms with E-state index in [0.717, 1.165) is 12.8 Å². The van der Waals surface area contributed by atoms with Gasteiger partial charge in [0.25, 0.3) is 0 Å². The summed E-state index contributed by atoms with van der Waals surface area (Å²) in [4.78, 5) is 0. The Balaban J connectivity index is 0.930. The van der Waals surface area contributed by atoms with Crippen LogP contribution in [-0.2, 0) is 6.42 Å². The zero-order valence-corrected chi connectivity index (χ0v) is 32.2. The van der Waals surface area contributed by atoms with Crippen molar-refractivity contribution in [3.8, 4) is 61.3 Å². The minimum absolute atomic E-state index is 0.320. The number of aromatic nitrogens is 1. The highest BCUT2D eigenvalue weighted by molar-refractivity contribution is 6.10. The molecule has 0 fully saturated rings. The van der Waals surface area contributed by atoms with E-state index in [0.29, 0.717) is 5.92 Å². The second-order valence-corrected chi connectivity index (χ2v) is 15.6. The lowest BCUT2D eigenvalue weighted by molar-refractivity contribution is 0.726. The molecule has 10 aromatic rings. The van der Waals surface area contributed by atoms with Crippen LogP contribution >= 0.6 is 0 Å². The highest BCUT2D eigenvalue weighted by Gasteiger charge is 2.24. The van der Waals surface area contributed by atoms with Crippen molar-refractivity contribution in [3.05, 3.63) is 235 Å². The van der Waals surface area contributed by atoms with E-state index >= 15 is 0 Å². The molecule has 0 aliphatic heterocycles. The van der Waals surface area contributed by atoms with E-state index < -0.39 is 0 Å². The SMILES string of the molecule is c1ccc(-c2ccc(-n3c4ccccc4c4cc(-c5ccc6c(c5)-c5ccccc5C(c5ccc(-c7cccc(-c8ccccc8)c7)cc5)CC6)ccc43)cc2)cc1. The molecule has 1 unspecified atom stereocenters. The molecule has 0 N–H and O–H groups in total. The highest BCUT2D eigenvalue weighted by Crippen LogP contribution is 2.44. The molecular formula is C57H41N. The van der Waals surface area contributed by atoms with E-state index in [-0.39, 0.29) is 0 Å². The van der Waals surface area contributed by atoms with Gasteiger partial charge < -0.3 is 4.57 Å². The van der Waals surface area contributed by atoms with Crippen LogP contribution in [0.15, 0.2) is 218 Å². The van der Waals surface area contributed by atoms with Gasteiger partial charge in [0.15, 0.2) is 0 Å². The van der Waals surface area contributed by atoms with Gasteiger partial charge in [-0.1, -0.05) is 176 Å². The van der Waals surface area contributed by atoms with Crippen LogP contribution in [0.1, 0.15) is 29.0 Å². The number of rotatable bonds is 6. The van der Waals surface area contributed by atoms with Crippen molar-refractivity contribution in [2.24, 2.45) is 0 Å². The summed E-state index contributed by atoms with van der Waals surface area (Å²) in [5.74, 6) is 0.320. The summed E-state index contributed by atoms with van der Waals surface area (Å²) < 4.78 is 2.41. The topological polar surface area (TPSA) is 4.93 Å². The normalized spacial score (nSPS) is 13.6. The first-order chi connectivity index (χ1) is 28.7. The maximum Gasteiger partial charge on any atom is 0.0541 e. The van der Waals surface area contributed by atoms with Gasteiger partial charge in [-0.05, 0) is 128 Å². The average molecular weight is 740 g/mol. The molecule has 1 atom stereocenters. The number of para-hydroxylation sites is 1. The van der Waals surface area contributed by atoms with Crippen LogP contribution in [0, 0.1) is 0 Å². The van der Waals surface area contributed by atoms with E-state index in [9.17, 15) is 0 Å². The van der Waals surface area contributed by atoms with Crippen LogP contribution in [0.2, 0.25) is 0 Å². The van der Waals surface area contributed by atoms with E-state index in [4.69, 9.17) is 0 Å². The second kappa shape index (κ2) is 14.4. The number of fused-ring (bicyclic) bond motifs is 6. The molecule has 58 heavy (non-hydrogen) atoms. The molecule has 1 nitrogen and oxygen atoms in total. The first-order valence-corrected chi connectivity index (χ1v) is 20.4. The highest BCUT2D eigenvalue weighted by atomic mass is 15.0. The van der Waals surface area contributed by atoms with Gasteiger partial charge in [0, 0.05) is 22.4 Å². The summed E-state index contributed by atoms with van der Waals surface area (Å²) in [6.07, 6.45) is 2.11. The van der Waals surface area contributed by atoms with Crippen molar-refractivity contribution in [1.29, 1.82) is 0 Å². The molecule has 1 aliphatic carbocycles. The van der Waals surface area contributed by atoms with Crippen LogP contribution in [-0.4, -0.2) is 4.57 Å². The number of hydrogen-bond donors (Lipinski definition) is 0. The quantitative estimate of drug-likeness (QED) is 0.160. The van der Waals surface area contributed by atoms with Gasteiger partial charge in [0.1, 0.15) is 0 Å². The maximum atomic E-state index is 2.45. The second-order valence-electron chi connectivity index (χ2n) is 15.6. The van der Waals surface area contributed by atoms with Crippen molar-refractivity contribution < 1.29 is 0 Å². The smallest absolute Gasteiger partial charge is 0.0541 e. The van der Waals surface area contributed by atoms with Crippen molar-refractivity contribution in [1.82, 2.24) is 4.57 Å². The first-order valence-electron chi connectivity index (χ1n) is 20.4. The van der Waals surface area contributed by atoms with Gasteiger partial charge in [0.2, 0.25) is 0 Å². The van der Waals surface area contributed by atoms with Gasteiger partial charge in [-0.25, -0.2) is 0 Å². The fourth-order valence-electron chi connectivity index (χ4n) is 9.35. The molecule has 0 amide bonds. The molecular weight excluding hydrogens is 699 g/mol. The van der Waals surface area contributed by atoms with Crippen LogP contribution in [0.5, 0.6) is 0 Å². The monoisotopic (exact) mass is 739 g/mol. The Morgan fingerprint density at radius 2 is 0.879 bits per heavy atom. The fourth-order valence-corrected chi connectivity index (χ4v) is 9.35. The molecule has 0 radical (unpaired) electrons. The molecule has 274 valence electrons. The Morgan fingerprint density at radius 1 is 0.345 bits per heavy atom. The molecule has 1 heteroatoms. The van der Waals surface area contributed by atoms with Crippen molar-refractivity contribution in [2.75, 3.05) is 0 Å². The van der Waals surface area contributed by atoms with Crippen LogP contribution in [0.4, 0.5) is 0 Å². The predicted molar refractivity (Wildman–Crippen MR) is 245 cm³/mol. The van der Waals surface area contributed by atoms with E-state index in [1.807, 2.05) is 0 Å². The lowest BCUT2D eigenvalue weighted by Crippen LogP contribution is -2.02. The van der Waals surface area contributed by atoms with Gasteiger partial charge >= 0.3 is 0 Å². The van der Waals surface area contributed by atoms with Gasteiger partial charge in [0.05, 0.1) is 11.0 Å². The number of nitrogens with zero attached hydrogens (tertiary/aromatic N) is 1. The third-order valence-corrected chi connectivity index (χ3v) is 12.3. The summed E-state index contributed by atoms with van der Waals surface area (Å²) in [5.41, 5.74) is 20.4. The third-order valence-electron chi connectivity index (χ3n) is 12.3.